The second-order valence-corrected chi connectivity index (χ2v) is 2.20. The maximum atomic E-state index is 10.6. The molecule has 0 saturated heterocycles. The smallest absolute Gasteiger partial charge is 0.211 e. The van der Waals surface area contributed by atoms with Gasteiger partial charge in [0, 0.05) is 5.57 Å². The fourth-order valence-corrected chi connectivity index (χ4v) is 0.879. The first-order valence-electron chi connectivity index (χ1n) is 3.14. The van der Waals surface area contributed by atoms with Crippen molar-refractivity contribution in [3.05, 3.63) is 11.6 Å². The van der Waals surface area contributed by atoms with Crippen LogP contribution in [-0.4, -0.2) is 5.12 Å². The molecule has 0 aromatic heterocycles. The van der Waals surface area contributed by atoms with Crippen molar-refractivity contribution in [3.8, 4) is 0 Å². The van der Waals surface area contributed by atoms with Crippen molar-refractivity contribution in [1.82, 2.24) is 0 Å². The molecule has 0 spiro atoms. The third-order valence-corrected chi connectivity index (χ3v) is 1.39. The lowest BCUT2D eigenvalue weighted by molar-refractivity contribution is -0.107. The predicted molar refractivity (Wildman–Crippen MR) is 42.7 cm³/mol. The van der Waals surface area contributed by atoms with Crippen LogP contribution in [0.5, 0.6) is 0 Å². The average molecular weight is 144 g/mol. The number of carbonyl (C=O) groups is 1. The van der Waals surface area contributed by atoms with Crippen molar-refractivity contribution in [2.75, 3.05) is 0 Å². The summed E-state index contributed by atoms with van der Waals surface area (Å²) in [4.78, 5) is 10.6. The SMILES string of the molecule is CC/C=C(\CC)C(=O)S. The van der Waals surface area contributed by atoms with E-state index in [4.69, 9.17) is 0 Å². The van der Waals surface area contributed by atoms with Gasteiger partial charge in [0.05, 0.1) is 0 Å². The predicted octanol–water partition coefficient (Wildman–Crippen LogP) is 2.19. The summed E-state index contributed by atoms with van der Waals surface area (Å²) in [5.74, 6) is 0. The van der Waals surface area contributed by atoms with Gasteiger partial charge in [-0.05, 0) is 12.8 Å². The monoisotopic (exact) mass is 144 g/mol. The molecule has 0 rings (SSSR count). The van der Waals surface area contributed by atoms with Crippen LogP contribution >= 0.6 is 12.6 Å². The maximum absolute atomic E-state index is 10.6. The van der Waals surface area contributed by atoms with Crippen LogP contribution in [0.1, 0.15) is 26.7 Å². The number of hydrogen-bond acceptors (Lipinski definition) is 1. The van der Waals surface area contributed by atoms with Crippen LogP contribution in [0.4, 0.5) is 0 Å². The van der Waals surface area contributed by atoms with E-state index in [1.54, 1.807) is 0 Å². The Hall–Kier alpha value is -0.240. The molecule has 2 heteroatoms. The Labute approximate surface area is 61.6 Å². The molecule has 0 atom stereocenters. The van der Waals surface area contributed by atoms with E-state index in [0.717, 1.165) is 18.4 Å². The molecule has 1 nitrogen and oxygen atoms in total. The highest BCUT2D eigenvalue weighted by Gasteiger charge is 1.98. The van der Waals surface area contributed by atoms with Gasteiger partial charge >= 0.3 is 0 Å². The highest BCUT2D eigenvalue weighted by atomic mass is 32.1. The Bertz CT molecular complexity index is 127. The van der Waals surface area contributed by atoms with Crippen LogP contribution in [0.25, 0.3) is 0 Å². The van der Waals surface area contributed by atoms with E-state index in [9.17, 15) is 4.79 Å². The lowest BCUT2D eigenvalue weighted by Gasteiger charge is -1.94. The topological polar surface area (TPSA) is 17.1 Å². The molecule has 9 heavy (non-hydrogen) atoms. The van der Waals surface area contributed by atoms with Crippen molar-refractivity contribution in [1.29, 1.82) is 0 Å². The van der Waals surface area contributed by atoms with Crippen LogP contribution in [-0.2, 0) is 4.79 Å². The van der Waals surface area contributed by atoms with Crippen molar-refractivity contribution in [3.63, 3.8) is 0 Å². The van der Waals surface area contributed by atoms with Gasteiger partial charge in [-0.3, -0.25) is 4.79 Å². The fraction of sp³-hybridized carbons (Fsp3) is 0.571. The molecule has 0 fully saturated rings. The highest BCUT2D eigenvalue weighted by molar-refractivity contribution is 7.97. The first-order chi connectivity index (χ1) is 4.22. The summed E-state index contributed by atoms with van der Waals surface area (Å²) in [6.45, 7) is 3.96. The largest absolute Gasteiger partial charge is 0.282 e. The average Bonchev–Trinajstić information content (AvgIpc) is 1.82. The molecule has 0 aromatic rings. The van der Waals surface area contributed by atoms with E-state index < -0.39 is 0 Å². The number of hydrogen-bond donors (Lipinski definition) is 1. The molecular weight excluding hydrogens is 132 g/mol. The van der Waals surface area contributed by atoms with Gasteiger partial charge in [0.15, 0.2) is 0 Å². The number of thiol groups is 1. The third-order valence-electron chi connectivity index (χ3n) is 1.11. The lowest BCUT2D eigenvalue weighted by atomic mass is 10.2. The van der Waals surface area contributed by atoms with Crippen molar-refractivity contribution >= 4 is 17.7 Å². The number of rotatable bonds is 3. The van der Waals surface area contributed by atoms with Gasteiger partial charge in [0.2, 0.25) is 5.12 Å². The molecular formula is C7H12OS. The zero-order chi connectivity index (χ0) is 7.28. The summed E-state index contributed by atoms with van der Waals surface area (Å²) in [6, 6.07) is 0. The van der Waals surface area contributed by atoms with E-state index in [1.807, 2.05) is 19.9 Å². The Kier molecular flexibility index (Phi) is 4.50. The standard InChI is InChI=1S/C7H12OS/c1-3-5-6(4-2)7(8)9/h5H,3-4H2,1-2H3,(H,8,9)/b6-5+. The summed E-state index contributed by atoms with van der Waals surface area (Å²) in [7, 11) is 0. The molecule has 0 aliphatic carbocycles. The van der Waals surface area contributed by atoms with Gasteiger partial charge in [0.1, 0.15) is 0 Å². The number of carbonyl (C=O) groups excluding carboxylic acids is 1. The summed E-state index contributed by atoms with van der Waals surface area (Å²) in [5.41, 5.74) is 0.820. The van der Waals surface area contributed by atoms with Gasteiger partial charge in [-0.25, -0.2) is 0 Å². The van der Waals surface area contributed by atoms with E-state index in [2.05, 4.69) is 12.6 Å². The van der Waals surface area contributed by atoms with Crippen molar-refractivity contribution < 1.29 is 4.79 Å². The van der Waals surface area contributed by atoms with Gasteiger partial charge in [-0.1, -0.05) is 19.9 Å². The molecule has 0 radical (unpaired) electrons. The first kappa shape index (κ1) is 8.76. The van der Waals surface area contributed by atoms with Gasteiger partial charge in [-0.2, -0.15) is 0 Å². The van der Waals surface area contributed by atoms with Crippen LogP contribution in [0.3, 0.4) is 0 Å². The molecule has 0 aliphatic rings. The Morgan fingerprint density at radius 2 is 2.11 bits per heavy atom. The molecule has 0 unspecified atom stereocenters. The summed E-state index contributed by atoms with van der Waals surface area (Å²) in [6.07, 6.45) is 3.61. The minimum atomic E-state index is -0.0978. The van der Waals surface area contributed by atoms with Gasteiger partial charge in [0.25, 0.3) is 0 Å². The molecule has 0 saturated carbocycles. The minimum absolute atomic E-state index is 0.0978. The molecule has 0 aliphatic heterocycles. The van der Waals surface area contributed by atoms with Crippen molar-refractivity contribution in [2.45, 2.75) is 26.7 Å². The molecule has 0 N–H and O–H groups in total. The zero-order valence-corrected chi connectivity index (χ0v) is 6.74. The fourth-order valence-electron chi connectivity index (χ4n) is 0.629. The van der Waals surface area contributed by atoms with Crippen LogP contribution < -0.4 is 0 Å². The quantitative estimate of drug-likeness (QED) is 0.474. The Morgan fingerprint density at radius 1 is 1.56 bits per heavy atom. The Balaban J connectivity index is 3.98. The zero-order valence-electron chi connectivity index (χ0n) is 5.85. The second kappa shape index (κ2) is 4.62. The molecule has 0 aromatic carbocycles. The third kappa shape index (κ3) is 3.36. The second-order valence-electron chi connectivity index (χ2n) is 1.80. The van der Waals surface area contributed by atoms with Crippen LogP contribution in [0.15, 0.2) is 11.6 Å². The molecule has 0 bridgehead atoms. The van der Waals surface area contributed by atoms with Crippen LogP contribution in [0.2, 0.25) is 0 Å². The first-order valence-corrected chi connectivity index (χ1v) is 3.59. The lowest BCUT2D eigenvalue weighted by Crippen LogP contribution is -1.90. The highest BCUT2D eigenvalue weighted by Crippen LogP contribution is 2.05. The molecule has 0 amide bonds. The molecule has 52 valence electrons. The summed E-state index contributed by atoms with van der Waals surface area (Å²) in [5, 5.41) is -0.0978. The van der Waals surface area contributed by atoms with E-state index >= 15 is 0 Å². The van der Waals surface area contributed by atoms with Crippen LogP contribution in [0, 0.1) is 0 Å². The van der Waals surface area contributed by atoms with E-state index in [1.165, 1.54) is 0 Å². The van der Waals surface area contributed by atoms with Gasteiger partial charge < -0.3 is 0 Å². The van der Waals surface area contributed by atoms with Gasteiger partial charge in [-0.15, -0.1) is 12.6 Å². The molecule has 0 heterocycles. The normalized spacial score (nSPS) is 11.7. The maximum Gasteiger partial charge on any atom is 0.211 e. The van der Waals surface area contributed by atoms with Crippen molar-refractivity contribution in [2.24, 2.45) is 0 Å². The Morgan fingerprint density at radius 3 is 2.22 bits per heavy atom. The minimum Gasteiger partial charge on any atom is -0.282 e. The number of allylic oxidation sites excluding steroid dienone is 1. The summed E-state index contributed by atoms with van der Waals surface area (Å²) >= 11 is 3.70. The van der Waals surface area contributed by atoms with E-state index in [0.29, 0.717) is 0 Å². The van der Waals surface area contributed by atoms with E-state index in [-0.39, 0.29) is 5.12 Å². The summed E-state index contributed by atoms with van der Waals surface area (Å²) < 4.78 is 0.